The van der Waals surface area contributed by atoms with Crippen LogP contribution >= 0.6 is 15.9 Å². The van der Waals surface area contributed by atoms with E-state index in [1.165, 1.54) is 0 Å². The number of carbonyl (C=O) groups excluding carboxylic acids is 1. The van der Waals surface area contributed by atoms with Crippen LogP contribution in [0.5, 0.6) is 0 Å². The van der Waals surface area contributed by atoms with Crippen LogP contribution in [0.3, 0.4) is 0 Å². The molecular formula is C15H20BrNO2. The van der Waals surface area contributed by atoms with Crippen LogP contribution < -0.4 is 5.32 Å². The zero-order chi connectivity index (χ0) is 13.8. The second-order valence-corrected chi connectivity index (χ2v) is 6.14. The molecular weight excluding hydrogens is 306 g/mol. The topological polar surface area (TPSA) is 49.3 Å². The van der Waals surface area contributed by atoms with E-state index in [2.05, 4.69) is 21.2 Å². The lowest BCUT2D eigenvalue weighted by atomic mass is 9.85. The predicted octanol–water partition coefficient (Wildman–Crippen LogP) is 3.04. The van der Waals surface area contributed by atoms with Gasteiger partial charge >= 0.3 is 0 Å². The van der Waals surface area contributed by atoms with E-state index in [9.17, 15) is 9.90 Å². The summed E-state index contributed by atoms with van der Waals surface area (Å²) in [7, 11) is 0. The normalized spacial score (nSPS) is 23.1. The first-order chi connectivity index (χ1) is 9.11. The molecule has 2 N–H and O–H groups in total. The molecule has 1 saturated carbocycles. The number of aliphatic hydroxyl groups excluding tert-OH is 1. The highest BCUT2D eigenvalue weighted by atomic mass is 79.9. The van der Waals surface area contributed by atoms with Gasteiger partial charge in [0.1, 0.15) is 0 Å². The molecule has 1 fully saturated rings. The molecule has 0 aliphatic heterocycles. The van der Waals surface area contributed by atoms with E-state index >= 15 is 0 Å². The minimum atomic E-state index is -0.0581. The summed E-state index contributed by atoms with van der Waals surface area (Å²) in [6.45, 7) is 2.15. The van der Waals surface area contributed by atoms with Gasteiger partial charge in [0, 0.05) is 23.0 Å². The van der Waals surface area contributed by atoms with E-state index < -0.39 is 0 Å². The first-order valence-electron chi connectivity index (χ1n) is 6.79. The van der Waals surface area contributed by atoms with Gasteiger partial charge in [-0.2, -0.15) is 0 Å². The summed E-state index contributed by atoms with van der Waals surface area (Å²) in [5.74, 6) is 0.138. The van der Waals surface area contributed by atoms with Gasteiger partial charge in [-0.3, -0.25) is 4.79 Å². The molecule has 0 bridgehead atoms. The van der Waals surface area contributed by atoms with Crippen LogP contribution in [0.25, 0.3) is 0 Å². The Morgan fingerprint density at radius 1 is 1.42 bits per heavy atom. The Morgan fingerprint density at radius 2 is 2.16 bits per heavy atom. The first kappa shape index (κ1) is 14.5. The molecule has 1 aromatic rings. The number of carbonyl (C=O) groups is 1. The van der Waals surface area contributed by atoms with Gasteiger partial charge in [-0.15, -0.1) is 0 Å². The number of benzene rings is 1. The second kappa shape index (κ2) is 6.53. The van der Waals surface area contributed by atoms with E-state index in [0.29, 0.717) is 5.56 Å². The standard InChI is InChI=1S/C15H20BrNO2/c1-10-6-7-12(13(16)8-10)15(19)17-14-5-3-2-4-11(14)9-18/h6-8,11,14,18H,2-5,9H2,1H3,(H,17,19). The van der Waals surface area contributed by atoms with Gasteiger partial charge in [-0.05, 0) is 53.4 Å². The molecule has 4 heteroatoms. The lowest BCUT2D eigenvalue weighted by Gasteiger charge is -2.31. The molecule has 1 aliphatic carbocycles. The number of hydrogen-bond donors (Lipinski definition) is 2. The van der Waals surface area contributed by atoms with Crippen molar-refractivity contribution in [1.29, 1.82) is 0 Å². The maximum atomic E-state index is 12.3. The summed E-state index contributed by atoms with van der Waals surface area (Å²) in [5.41, 5.74) is 1.78. The summed E-state index contributed by atoms with van der Waals surface area (Å²) in [4.78, 5) is 12.3. The molecule has 2 rings (SSSR count). The summed E-state index contributed by atoms with van der Waals surface area (Å²) >= 11 is 3.43. The van der Waals surface area contributed by atoms with E-state index in [-0.39, 0.29) is 24.5 Å². The minimum absolute atomic E-state index is 0.0581. The van der Waals surface area contributed by atoms with E-state index in [1.807, 2.05) is 25.1 Å². The molecule has 1 aromatic carbocycles. The number of aliphatic hydroxyl groups is 1. The molecule has 0 aromatic heterocycles. The molecule has 2 atom stereocenters. The van der Waals surface area contributed by atoms with Crippen LogP contribution in [0.4, 0.5) is 0 Å². The number of rotatable bonds is 3. The largest absolute Gasteiger partial charge is 0.396 e. The van der Waals surface area contributed by atoms with Crippen molar-refractivity contribution >= 4 is 21.8 Å². The van der Waals surface area contributed by atoms with Crippen molar-refractivity contribution in [2.75, 3.05) is 6.61 Å². The molecule has 3 nitrogen and oxygen atoms in total. The van der Waals surface area contributed by atoms with Crippen molar-refractivity contribution in [3.05, 3.63) is 33.8 Å². The van der Waals surface area contributed by atoms with Crippen molar-refractivity contribution < 1.29 is 9.90 Å². The Labute approximate surface area is 122 Å². The molecule has 0 heterocycles. The highest BCUT2D eigenvalue weighted by Gasteiger charge is 2.26. The fourth-order valence-electron chi connectivity index (χ4n) is 2.67. The number of amides is 1. The number of aryl methyl sites for hydroxylation is 1. The molecule has 19 heavy (non-hydrogen) atoms. The zero-order valence-corrected chi connectivity index (χ0v) is 12.7. The lowest BCUT2D eigenvalue weighted by molar-refractivity contribution is 0.0872. The maximum absolute atomic E-state index is 12.3. The lowest BCUT2D eigenvalue weighted by Crippen LogP contribution is -2.43. The Bertz CT molecular complexity index is 461. The minimum Gasteiger partial charge on any atom is -0.396 e. The summed E-state index contributed by atoms with van der Waals surface area (Å²) in [5, 5.41) is 12.4. The predicted molar refractivity (Wildman–Crippen MR) is 79.2 cm³/mol. The van der Waals surface area contributed by atoms with Gasteiger partial charge in [-0.1, -0.05) is 18.9 Å². The van der Waals surface area contributed by atoms with Crippen molar-refractivity contribution in [1.82, 2.24) is 5.32 Å². The summed E-state index contributed by atoms with van der Waals surface area (Å²) in [6.07, 6.45) is 4.22. The van der Waals surface area contributed by atoms with Crippen LogP contribution in [-0.2, 0) is 0 Å². The third kappa shape index (κ3) is 3.57. The van der Waals surface area contributed by atoms with Gasteiger partial charge in [0.15, 0.2) is 0 Å². The second-order valence-electron chi connectivity index (χ2n) is 5.29. The number of hydrogen-bond acceptors (Lipinski definition) is 2. The highest BCUT2D eigenvalue weighted by Crippen LogP contribution is 2.25. The Balaban J connectivity index is 2.07. The average molecular weight is 326 g/mol. The highest BCUT2D eigenvalue weighted by molar-refractivity contribution is 9.10. The molecule has 0 saturated heterocycles. The van der Waals surface area contributed by atoms with Gasteiger partial charge < -0.3 is 10.4 Å². The molecule has 1 amide bonds. The smallest absolute Gasteiger partial charge is 0.252 e. The third-order valence-corrected chi connectivity index (χ3v) is 4.49. The first-order valence-corrected chi connectivity index (χ1v) is 7.59. The average Bonchev–Trinajstić information content (AvgIpc) is 2.39. The number of halogens is 1. The van der Waals surface area contributed by atoms with E-state index in [1.54, 1.807) is 0 Å². The molecule has 2 unspecified atom stereocenters. The quantitative estimate of drug-likeness (QED) is 0.897. The summed E-state index contributed by atoms with van der Waals surface area (Å²) in [6, 6.07) is 5.81. The Hall–Kier alpha value is -0.870. The van der Waals surface area contributed by atoms with Crippen LogP contribution in [0, 0.1) is 12.8 Å². The monoisotopic (exact) mass is 325 g/mol. The Morgan fingerprint density at radius 3 is 2.84 bits per heavy atom. The van der Waals surface area contributed by atoms with Crippen LogP contribution in [0.2, 0.25) is 0 Å². The molecule has 104 valence electrons. The van der Waals surface area contributed by atoms with Gasteiger partial charge in [0.05, 0.1) is 5.56 Å². The van der Waals surface area contributed by atoms with Crippen LogP contribution in [-0.4, -0.2) is 23.7 Å². The maximum Gasteiger partial charge on any atom is 0.252 e. The van der Waals surface area contributed by atoms with Crippen molar-refractivity contribution in [3.8, 4) is 0 Å². The van der Waals surface area contributed by atoms with E-state index in [4.69, 9.17) is 0 Å². The number of nitrogens with one attached hydrogen (secondary N) is 1. The third-order valence-electron chi connectivity index (χ3n) is 3.83. The van der Waals surface area contributed by atoms with E-state index in [0.717, 1.165) is 35.7 Å². The van der Waals surface area contributed by atoms with Crippen molar-refractivity contribution in [3.63, 3.8) is 0 Å². The molecule has 1 aliphatic rings. The van der Waals surface area contributed by atoms with Gasteiger partial charge in [0.2, 0.25) is 0 Å². The van der Waals surface area contributed by atoms with Gasteiger partial charge in [-0.25, -0.2) is 0 Å². The van der Waals surface area contributed by atoms with Crippen LogP contribution in [0.1, 0.15) is 41.6 Å². The fraction of sp³-hybridized carbons (Fsp3) is 0.533. The van der Waals surface area contributed by atoms with Crippen molar-refractivity contribution in [2.45, 2.75) is 38.6 Å². The SMILES string of the molecule is Cc1ccc(C(=O)NC2CCCCC2CO)c(Br)c1. The van der Waals surface area contributed by atoms with Gasteiger partial charge in [0.25, 0.3) is 5.91 Å². The Kier molecular flexibility index (Phi) is 4.99. The zero-order valence-electron chi connectivity index (χ0n) is 11.2. The molecule has 0 spiro atoms. The summed E-state index contributed by atoms with van der Waals surface area (Å²) < 4.78 is 0.821. The van der Waals surface area contributed by atoms with Crippen molar-refractivity contribution in [2.24, 2.45) is 5.92 Å². The molecule has 0 radical (unpaired) electrons. The van der Waals surface area contributed by atoms with Crippen LogP contribution in [0.15, 0.2) is 22.7 Å². The fourth-order valence-corrected chi connectivity index (χ4v) is 3.34.